The van der Waals surface area contributed by atoms with Gasteiger partial charge in [-0.2, -0.15) is 0 Å². The molecule has 0 radical (unpaired) electrons. The van der Waals surface area contributed by atoms with Gasteiger partial charge in [-0.05, 0) is 30.4 Å². The lowest BCUT2D eigenvalue weighted by atomic mass is 10.1. The van der Waals surface area contributed by atoms with E-state index >= 15 is 0 Å². The lowest BCUT2D eigenvalue weighted by Crippen LogP contribution is -2.45. The first-order chi connectivity index (χ1) is 15.7. The standard InChI is InChI=1S/C24H28N6O2/c31-23(26-16-20-10-5-2-6-11-20)22-18-29(28-27-22)17-21-12-7-15-30(21)24(32)25-14-13-19-8-3-1-4-9-19/h1-6,8-11,18,21H,7,12-17H2,(H,25,32)(H,26,31). The van der Waals surface area contributed by atoms with Crippen LogP contribution in [0.2, 0.25) is 0 Å². The minimum Gasteiger partial charge on any atom is -0.347 e. The lowest BCUT2D eigenvalue weighted by Gasteiger charge is -2.24. The number of urea groups is 1. The van der Waals surface area contributed by atoms with Gasteiger partial charge < -0.3 is 15.5 Å². The lowest BCUT2D eigenvalue weighted by molar-refractivity contribution is 0.0945. The Labute approximate surface area is 187 Å². The van der Waals surface area contributed by atoms with Crippen molar-refractivity contribution in [3.63, 3.8) is 0 Å². The quantitative estimate of drug-likeness (QED) is 0.572. The van der Waals surface area contributed by atoms with Crippen LogP contribution in [0.1, 0.15) is 34.5 Å². The Hall–Kier alpha value is -3.68. The van der Waals surface area contributed by atoms with Gasteiger partial charge in [0.2, 0.25) is 0 Å². The molecular formula is C24H28N6O2. The Morgan fingerprint density at radius 3 is 2.44 bits per heavy atom. The van der Waals surface area contributed by atoms with Gasteiger partial charge in [-0.15, -0.1) is 5.10 Å². The molecule has 4 rings (SSSR count). The average molecular weight is 433 g/mol. The third kappa shape index (κ3) is 5.72. The molecule has 1 atom stereocenters. The fraction of sp³-hybridized carbons (Fsp3) is 0.333. The van der Waals surface area contributed by atoms with Gasteiger partial charge in [0, 0.05) is 19.6 Å². The molecule has 2 aromatic carbocycles. The smallest absolute Gasteiger partial charge is 0.317 e. The number of benzene rings is 2. The van der Waals surface area contributed by atoms with Crippen LogP contribution in [0.15, 0.2) is 66.9 Å². The molecule has 3 aromatic rings. The molecule has 1 unspecified atom stereocenters. The van der Waals surface area contributed by atoms with Gasteiger partial charge in [0.25, 0.3) is 5.91 Å². The molecule has 166 valence electrons. The maximum Gasteiger partial charge on any atom is 0.317 e. The van der Waals surface area contributed by atoms with Crippen LogP contribution in [0.5, 0.6) is 0 Å². The number of aromatic nitrogens is 3. The molecular weight excluding hydrogens is 404 g/mol. The molecule has 32 heavy (non-hydrogen) atoms. The third-order valence-corrected chi connectivity index (χ3v) is 5.64. The third-order valence-electron chi connectivity index (χ3n) is 5.64. The van der Waals surface area contributed by atoms with Crippen LogP contribution in [-0.2, 0) is 19.5 Å². The molecule has 0 bridgehead atoms. The summed E-state index contributed by atoms with van der Waals surface area (Å²) in [5, 5.41) is 14.0. The Kier molecular flexibility index (Phi) is 7.12. The molecule has 0 spiro atoms. The number of likely N-dealkylation sites (tertiary alicyclic amines) is 1. The number of hydrogen-bond acceptors (Lipinski definition) is 4. The number of carbonyl (C=O) groups excluding carboxylic acids is 2. The highest BCUT2D eigenvalue weighted by Gasteiger charge is 2.29. The highest BCUT2D eigenvalue weighted by molar-refractivity contribution is 5.91. The van der Waals surface area contributed by atoms with Crippen LogP contribution in [0, 0.1) is 0 Å². The fourth-order valence-corrected chi connectivity index (χ4v) is 3.93. The molecule has 8 heteroatoms. The van der Waals surface area contributed by atoms with Crippen LogP contribution < -0.4 is 10.6 Å². The van der Waals surface area contributed by atoms with Crippen molar-refractivity contribution in [2.45, 2.75) is 38.4 Å². The summed E-state index contributed by atoms with van der Waals surface area (Å²) in [7, 11) is 0. The molecule has 1 aliphatic heterocycles. The van der Waals surface area contributed by atoms with E-state index in [0.717, 1.165) is 31.4 Å². The molecule has 2 N–H and O–H groups in total. The number of nitrogens with zero attached hydrogens (tertiary/aromatic N) is 4. The largest absolute Gasteiger partial charge is 0.347 e. The molecule has 2 heterocycles. The number of carbonyl (C=O) groups is 2. The number of rotatable bonds is 8. The summed E-state index contributed by atoms with van der Waals surface area (Å²) in [5.41, 5.74) is 2.50. The molecule has 1 aliphatic rings. The maximum atomic E-state index is 12.7. The van der Waals surface area contributed by atoms with Crippen LogP contribution >= 0.6 is 0 Å². The van der Waals surface area contributed by atoms with Gasteiger partial charge in [0.1, 0.15) is 0 Å². The van der Waals surface area contributed by atoms with Gasteiger partial charge in [0.15, 0.2) is 5.69 Å². The van der Waals surface area contributed by atoms with Crippen molar-refractivity contribution >= 4 is 11.9 Å². The van der Waals surface area contributed by atoms with E-state index < -0.39 is 0 Å². The summed E-state index contributed by atoms with van der Waals surface area (Å²) < 4.78 is 1.65. The summed E-state index contributed by atoms with van der Waals surface area (Å²) >= 11 is 0. The zero-order valence-corrected chi connectivity index (χ0v) is 18.0. The molecule has 3 amide bonds. The Balaban J connectivity index is 1.26. The SMILES string of the molecule is O=C(NCc1ccccc1)c1cn(CC2CCCN2C(=O)NCCc2ccccc2)nn1. The van der Waals surface area contributed by atoms with Crippen LogP contribution in [0.3, 0.4) is 0 Å². The van der Waals surface area contributed by atoms with Gasteiger partial charge in [-0.25, -0.2) is 9.48 Å². The summed E-state index contributed by atoms with van der Waals surface area (Å²) in [5.74, 6) is -0.262. The summed E-state index contributed by atoms with van der Waals surface area (Å²) in [6, 6.07) is 19.8. The zero-order chi connectivity index (χ0) is 22.2. The predicted octanol–water partition coefficient (Wildman–Crippen LogP) is 2.62. The van der Waals surface area contributed by atoms with E-state index in [0.29, 0.717) is 19.6 Å². The van der Waals surface area contributed by atoms with Gasteiger partial charge in [0.05, 0.1) is 18.8 Å². The summed E-state index contributed by atoms with van der Waals surface area (Å²) in [6.45, 7) is 2.28. The fourth-order valence-electron chi connectivity index (χ4n) is 3.93. The van der Waals surface area contributed by atoms with E-state index in [-0.39, 0.29) is 23.7 Å². The highest BCUT2D eigenvalue weighted by Crippen LogP contribution is 2.19. The molecule has 1 fully saturated rings. The van der Waals surface area contributed by atoms with E-state index in [1.54, 1.807) is 10.9 Å². The molecule has 1 aromatic heterocycles. The minimum absolute atomic E-state index is 0.0358. The van der Waals surface area contributed by atoms with Crippen LogP contribution in [0.25, 0.3) is 0 Å². The second-order valence-corrected chi connectivity index (χ2v) is 7.95. The predicted molar refractivity (Wildman–Crippen MR) is 121 cm³/mol. The summed E-state index contributed by atoms with van der Waals surface area (Å²) in [4.78, 5) is 26.9. The summed E-state index contributed by atoms with van der Waals surface area (Å²) in [6.07, 6.45) is 4.30. The first-order valence-electron chi connectivity index (χ1n) is 11.0. The Morgan fingerprint density at radius 2 is 1.69 bits per heavy atom. The van der Waals surface area contributed by atoms with Crippen molar-refractivity contribution < 1.29 is 9.59 Å². The maximum absolute atomic E-state index is 12.7. The van der Waals surface area contributed by atoms with E-state index in [2.05, 4.69) is 33.1 Å². The minimum atomic E-state index is -0.262. The van der Waals surface area contributed by atoms with Crippen LogP contribution in [0.4, 0.5) is 4.79 Å². The first kappa shape index (κ1) is 21.5. The van der Waals surface area contributed by atoms with Crippen molar-refractivity contribution in [2.24, 2.45) is 0 Å². The number of nitrogens with one attached hydrogen (secondary N) is 2. The van der Waals surface area contributed by atoms with Crippen molar-refractivity contribution in [3.8, 4) is 0 Å². The van der Waals surface area contributed by atoms with Gasteiger partial charge >= 0.3 is 6.03 Å². The monoisotopic (exact) mass is 432 g/mol. The second kappa shape index (κ2) is 10.6. The molecule has 0 aliphatic carbocycles. The van der Waals surface area contributed by atoms with Crippen molar-refractivity contribution in [1.82, 2.24) is 30.5 Å². The van der Waals surface area contributed by atoms with Crippen molar-refractivity contribution in [3.05, 3.63) is 83.7 Å². The Bertz CT molecular complexity index is 1020. The van der Waals surface area contributed by atoms with Gasteiger partial charge in [-0.3, -0.25) is 4.79 Å². The average Bonchev–Trinajstić information content (AvgIpc) is 3.49. The first-order valence-corrected chi connectivity index (χ1v) is 11.0. The highest BCUT2D eigenvalue weighted by atomic mass is 16.2. The Morgan fingerprint density at radius 1 is 0.969 bits per heavy atom. The van der Waals surface area contributed by atoms with E-state index in [1.165, 1.54) is 5.56 Å². The van der Waals surface area contributed by atoms with Crippen molar-refractivity contribution in [1.29, 1.82) is 0 Å². The molecule has 1 saturated heterocycles. The van der Waals surface area contributed by atoms with Gasteiger partial charge in [-0.1, -0.05) is 65.9 Å². The van der Waals surface area contributed by atoms with E-state index in [4.69, 9.17) is 0 Å². The number of amides is 3. The number of hydrogen-bond donors (Lipinski definition) is 2. The zero-order valence-electron chi connectivity index (χ0n) is 18.0. The van der Waals surface area contributed by atoms with E-state index in [1.807, 2.05) is 53.4 Å². The topological polar surface area (TPSA) is 92.2 Å². The normalized spacial score (nSPS) is 15.5. The van der Waals surface area contributed by atoms with Crippen molar-refractivity contribution in [2.75, 3.05) is 13.1 Å². The molecule has 0 saturated carbocycles. The van der Waals surface area contributed by atoms with E-state index in [9.17, 15) is 9.59 Å². The molecule has 8 nitrogen and oxygen atoms in total. The second-order valence-electron chi connectivity index (χ2n) is 7.95. The van der Waals surface area contributed by atoms with Crippen LogP contribution in [-0.4, -0.2) is 51.0 Å².